The molecule has 126 valence electrons. The Balaban J connectivity index is 1.72. The summed E-state index contributed by atoms with van der Waals surface area (Å²) in [6.07, 6.45) is 5.50. The van der Waals surface area contributed by atoms with Crippen molar-refractivity contribution in [2.45, 2.75) is 6.61 Å². The van der Waals surface area contributed by atoms with Crippen molar-refractivity contribution >= 4 is 56.2 Å². The molecule has 1 aliphatic heterocycles. The van der Waals surface area contributed by atoms with Crippen LogP contribution in [0.15, 0.2) is 70.1 Å². The molecule has 0 spiro atoms. The molecule has 1 saturated heterocycles. The van der Waals surface area contributed by atoms with Crippen molar-refractivity contribution in [2.75, 3.05) is 0 Å². The second kappa shape index (κ2) is 8.47. The van der Waals surface area contributed by atoms with Crippen molar-refractivity contribution in [3.05, 3.63) is 81.2 Å². The Bertz CT molecular complexity index is 877. The Morgan fingerprint density at radius 1 is 1.16 bits per heavy atom. The van der Waals surface area contributed by atoms with E-state index in [9.17, 15) is 4.79 Å². The summed E-state index contributed by atoms with van der Waals surface area (Å²) in [6, 6.07) is 15.7. The lowest BCUT2D eigenvalue weighted by Crippen LogP contribution is -2.17. The molecule has 6 heteroatoms. The number of thiocarbonyl (C=S) groups is 1. The van der Waals surface area contributed by atoms with Crippen LogP contribution < -0.4 is 10.1 Å². The van der Waals surface area contributed by atoms with Crippen molar-refractivity contribution in [3.8, 4) is 5.75 Å². The molecule has 25 heavy (non-hydrogen) atoms. The van der Waals surface area contributed by atoms with E-state index in [1.807, 2.05) is 60.7 Å². The molecule has 0 atom stereocenters. The smallest absolute Gasteiger partial charge is 0.263 e. The van der Waals surface area contributed by atoms with Crippen LogP contribution >= 0.6 is 39.9 Å². The van der Waals surface area contributed by atoms with Gasteiger partial charge in [0.1, 0.15) is 16.7 Å². The maximum atomic E-state index is 11.6. The average Bonchev–Trinajstić information content (AvgIpc) is 2.93. The summed E-state index contributed by atoms with van der Waals surface area (Å²) < 4.78 is 7.47. The minimum atomic E-state index is -0.155. The molecule has 2 aromatic rings. The maximum Gasteiger partial charge on any atom is 0.263 e. The van der Waals surface area contributed by atoms with Crippen LogP contribution in [0.4, 0.5) is 0 Å². The number of thioether (sulfide) groups is 1. The highest BCUT2D eigenvalue weighted by atomic mass is 79.9. The third-order valence-electron chi connectivity index (χ3n) is 3.43. The van der Waals surface area contributed by atoms with E-state index in [1.54, 1.807) is 6.08 Å². The number of hydrogen-bond donors (Lipinski definition) is 1. The number of hydrogen-bond acceptors (Lipinski definition) is 4. The number of nitrogens with one attached hydrogen (secondary N) is 1. The highest BCUT2D eigenvalue weighted by molar-refractivity contribution is 9.10. The number of ether oxygens (including phenoxy) is 1. The number of benzene rings is 2. The molecule has 1 fully saturated rings. The molecule has 0 aromatic heterocycles. The molecule has 1 amide bonds. The second-order valence-electron chi connectivity index (χ2n) is 5.15. The average molecular weight is 432 g/mol. The van der Waals surface area contributed by atoms with Gasteiger partial charge in [0.15, 0.2) is 0 Å². The third-order valence-corrected chi connectivity index (χ3v) is 5.38. The van der Waals surface area contributed by atoms with Gasteiger partial charge in [0, 0.05) is 15.6 Å². The van der Waals surface area contributed by atoms with E-state index in [-0.39, 0.29) is 5.91 Å². The molecule has 2 aromatic carbocycles. The summed E-state index contributed by atoms with van der Waals surface area (Å²) in [5.74, 6) is 0.630. The van der Waals surface area contributed by atoms with Crippen LogP contribution in [0.2, 0.25) is 0 Å². The van der Waals surface area contributed by atoms with Crippen molar-refractivity contribution in [1.82, 2.24) is 5.32 Å². The van der Waals surface area contributed by atoms with Crippen LogP contribution in [0.3, 0.4) is 0 Å². The molecule has 0 saturated carbocycles. The number of allylic oxidation sites excluding steroid dienone is 2. The SMILES string of the molecule is O=C1NC(=S)S/C1=C\C=C\c1ccccc1OCc1ccccc1Br. The van der Waals surface area contributed by atoms with Gasteiger partial charge in [-0.15, -0.1) is 0 Å². The molecule has 1 heterocycles. The van der Waals surface area contributed by atoms with E-state index >= 15 is 0 Å². The van der Waals surface area contributed by atoms with Gasteiger partial charge in [0.2, 0.25) is 0 Å². The van der Waals surface area contributed by atoms with Crippen molar-refractivity contribution in [3.63, 3.8) is 0 Å². The number of para-hydroxylation sites is 1. The van der Waals surface area contributed by atoms with Gasteiger partial charge in [-0.3, -0.25) is 4.79 Å². The molecule has 1 N–H and O–H groups in total. The van der Waals surface area contributed by atoms with Crippen LogP contribution in [0.5, 0.6) is 5.75 Å². The molecule has 0 unspecified atom stereocenters. The fourth-order valence-electron chi connectivity index (χ4n) is 2.20. The maximum absolute atomic E-state index is 11.6. The summed E-state index contributed by atoms with van der Waals surface area (Å²) in [7, 11) is 0. The first-order valence-electron chi connectivity index (χ1n) is 7.50. The first-order valence-corrected chi connectivity index (χ1v) is 9.52. The molecule has 3 rings (SSSR count). The van der Waals surface area contributed by atoms with E-state index in [2.05, 4.69) is 21.2 Å². The Morgan fingerprint density at radius 2 is 1.92 bits per heavy atom. The molecular formula is C19H14BrNO2S2. The van der Waals surface area contributed by atoms with Crippen molar-refractivity contribution in [1.29, 1.82) is 0 Å². The number of carbonyl (C=O) groups is 1. The molecule has 0 aliphatic carbocycles. The van der Waals surface area contributed by atoms with Gasteiger partial charge >= 0.3 is 0 Å². The number of carbonyl (C=O) groups excluding carboxylic acids is 1. The summed E-state index contributed by atoms with van der Waals surface area (Å²) in [4.78, 5) is 12.2. The first kappa shape index (κ1) is 17.9. The monoisotopic (exact) mass is 431 g/mol. The number of halogens is 1. The Hall–Kier alpha value is -1.89. The second-order valence-corrected chi connectivity index (χ2v) is 7.72. The largest absolute Gasteiger partial charge is 0.488 e. The fraction of sp³-hybridized carbons (Fsp3) is 0.0526. The predicted octanol–water partition coefficient (Wildman–Crippen LogP) is 5.07. The van der Waals surface area contributed by atoms with Gasteiger partial charge < -0.3 is 10.1 Å². The van der Waals surface area contributed by atoms with Gasteiger partial charge in [-0.1, -0.05) is 88.5 Å². The van der Waals surface area contributed by atoms with Crippen molar-refractivity contribution in [2.24, 2.45) is 0 Å². The first-order chi connectivity index (χ1) is 12.1. The van der Waals surface area contributed by atoms with Gasteiger partial charge in [-0.25, -0.2) is 0 Å². The van der Waals surface area contributed by atoms with Crippen LogP contribution in [0.25, 0.3) is 6.08 Å². The topological polar surface area (TPSA) is 38.3 Å². The lowest BCUT2D eigenvalue weighted by atomic mass is 10.2. The van der Waals surface area contributed by atoms with Gasteiger partial charge in [-0.2, -0.15) is 0 Å². The minimum absolute atomic E-state index is 0.155. The Morgan fingerprint density at radius 3 is 2.68 bits per heavy atom. The third kappa shape index (κ3) is 4.81. The summed E-state index contributed by atoms with van der Waals surface area (Å²) in [6.45, 7) is 0.472. The summed E-state index contributed by atoms with van der Waals surface area (Å²) in [5, 5.41) is 2.59. The van der Waals surface area contributed by atoms with E-state index in [1.165, 1.54) is 11.8 Å². The van der Waals surface area contributed by atoms with E-state index < -0.39 is 0 Å². The van der Waals surface area contributed by atoms with E-state index in [0.717, 1.165) is 21.3 Å². The zero-order valence-corrected chi connectivity index (χ0v) is 16.3. The summed E-state index contributed by atoms with van der Waals surface area (Å²) in [5.41, 5.74) is 2.02. The normalized spacial score (nSPS) is 15.8. The Labute approximate surface area is 164 Å². The lowest BCUT2D eigenvalue weighted by Gasteiger charge is -2.10. The van der Waals surface area contributed by atoms with Gasteiger partial charge in [0.25, 0.3) is 5.91 Å². The number of amides is 1. The highest BCUT2D eigenvalue weighted by Crippen LogP contribution is 2.25. The van der Waals surface area contributed by atoms with Gasteiger partial charge in [0.05, 0.1) is 4.91 Å². The summed E-state index contributed by atoms with van der Waals surface area (Å²) >= 11 is 9.76. The Kier molecular flexibility index (Phi) is 6.07. The van der Waals surface area contributed by atoms with Crippen LogP contribution in [-0.4, -0.2) is 10.2 Å². The van der Waals surface area contributed by atoms with Gasteiger partial charge in [-0.05, 0) is 18.2 Å². The van der Waals surface area contributed by atoms with E-state index in [4.69, 9.17) is 17.0 Å². The number of rotatable bonds is 5. The molecule has 1 aliphatic rings. The van der Waals surface area contributed by atoms with Crippen LogP contribution in [-0.2, 0) is 11.4 Å². The van der Waals surface area contributed by atoms with E-state index in [0.29, 0.717) is 15.8 Å². The highest BCUT2D eigenvalue weighted by Gasteiger charge is 2.20. The molecule has 0 radical (unpaired) electrons. The zero-order chi connectivity index (χ0) is 17.6. The zero-order valence-electron chi connectivity index (χ0n) is 13.1. The molecular weight excluding hydrogens is 418 g/mol. The quantitative estimate of drug-likeness (QED) is 0.529. The minimum Gasteiger partial charge on any atom is -0.488 e. The molecule has 3 nitrogen and oxygen atoms in total. The lowest BCUT2D eigenvalue weighted by molar-refractivity contribution is -0.115. The van der Waals surface area contributed by atoms with Crippen LogP contribution in [0.1, 0.15) is 11.1 Å². The standard InChI is InChI=1S/C19H14BrNO2S2/c20-15-9-3-1-7-14(15)12-23-16-10-4-2-6-13(16)8-5-11-17-18(22)21-19(24)25-17/h1-11H,12H2,(H,21,22,24)/b8-5+,17-11-. The predicted molar refractivity (Wildman–Crippen MR) is 110 cm³/mol. The van der Waals surface area contributed by atoms with Crippen LogP contribution in [0, 0.1) is 0 Å². The molecule has 0 bridgehead atoms. The fourth-order valence-corrected chi connectivity index (χ4v) is 3.59. The van der Waals surface area contributed by atoms with Crippen molar-refractivity contribution < 1.29 is 9.53 Å².